The summed E-state index contributed by atoms with van der Waals surface area (Å²) in [7, 11) is -1.32. The van der Waals surface area contributed by atoms with Crippen molar-refractivity contribution in [1.29, 1.82) is 0 Å². The van der Waals surface area contributed by atoms with Crippen LogP contribution in [0.15, 0.2) is 0 Å². The highest BCUT2D eigenvalue weighted by Gasteiger charge is 2.29. The molecule has 1 aliphatic heterocycles. The van der Waals surface area contributed by atoms with Crippen LogP contribution >= 0.6 is 0 Å². The predicted octanol–water partition coefficient (Wildman–Crippen LogP) is -3.04. The van der Waals surface area contributed by atoms with Gasteiger partial charge in [-0.3, -0.25) is 0 Å². The van der Waals surface area contributed by atoms with Crippen molar-refractivity contribution in [3.8, 4) is 11.5 Å². The lowest BCUT2D eigenvalue weighted by atomic mass is 9.94. The third-order valence-corrected chi connectivity index (χ3v) is 3.07. The molecule has 1 rings (SSSR count). The van der Waals surface area contributed by atoms with E-state index in [1.54, 1.807) is 0 Å². The summed E-state index contributed by atoms with van der Waals surface area (Å²) in [5.74, 6) is 3.09. The van der Waals surface area contributed by atoms with E-state index in [1.165, 1.54) is 0 Å². The maximum absolute atomic E-state index is 10.1. The van der Waals surface area contributed by atoms with E-state index in [-0.39, 0.29) is 12.4 Å². The van der Waals surface area contributed by atoms with E-state index < -0.39 is 13.7 Å². The minimum absolute atomic E-state index is 0. The van der Waals surface area contributed by atoms with Gasteiger partial charge in [0.1, 0.15) is 13.7 Å². The largest absolute Gasteiger partial charge is 1.00 e. The molecule has 1 aliphatic rings. The van der Waals surface area contributed by atoms with Crippen LogP contribution in [0.25, 0.3) is 0 Å². The number of hydrogen-bond donors (Lipinski definition) is 2. The average molecular weight is 234 g/mol. The molecule has 0 unspecified atom stereocenters. The molecule has 0 spiro atoms. The summed E-state index contributed by atoms with van der Waals surface area (Å²) in [5.41, 5.74) is 2.59. The first kappa shape index (κ1) is 14.0. The second-order valence-corrected chi connectivity index (χ2v) is 9.65. The van der Waals surface area contributed by atoms with E-state index >= 15 is 0 Å². The van der Waals surface area contributed by atoms with E-state index in [0.717, 1.165) is 25.9 Å². The highest BCUT2D eigenvalue weighted by Crippen LogP contribution is 2.14. The maximum Gasteiger partial charge on any atom is 0.135 e. The first-order valence-corrected chi connectivity index (χ1v) is 8.50. The number of nitrogens with two attached hydrogens (primary N) is 1. The van der Waals surface area contributed by atoms with E-state index in [1.807, 2.05) is 0 Å². The van der Waals surface area contributed by atoms with Crippen molar-refractivity contribution in [3.05, 3.63) is 0 Å². The molecule has 0 aromatic carbocycles. The standard InChI is InChI=1S/C10H19NOSi.ClH/c1-13(2,3)9-6-10(12)4-7-11-8-5-10;/h11-12H,4-5,7-8H2,1-3H3;1H. The van der Waals surface area contributed by atoms with E-state index in [0.29, 0.717) is 0 Å². The third-order valence-electron chi connectivity index (χ3n) is 2.19. The molecule has 4 heteroatoms. The Bertz CT molecular complexity index is 233. The van der Waals surface area contributed by atoms with Gasteiger partial charge in [-0.1, -0.05) is 25.6 Å². The topological polar surface area (TPSA) is 36.8 Å². The van der Waals surface area contributed by atoms with Gasteiger partial charge < -0.3 is 22.8 Å². The Kier molecular flexibility index (Phi) is 5.17. The second-order valence-electron chi connectivity index (χ2n) is 4.90. The Hall–Kier alpha value is -0.0131. The van der Waals surface area contributed by atoms with Crippen molar-refractivity contribution in [2.75, 3.05) is 13.1 Å². The monoisotopic (exact) mass is 233 g/mol. The Balaban J connectivity index is 0.00000169. The quantitative estimate of drug-likeness (QED) is 0.339. The van der Waals surface area contributed by atoms with Gasteiger partial charge in [0.2, 0.25) is 0 Å². The van der Waals surface area contributed by atoms with Crippen LogP contribution in [0, 0.1) is 11.5 Å². The molecule has 0 aromatic rings. The van der Waals surface area contributed by atoms with Crippen molar-refractivity contribution >= 4 is 8.07 Å². The molecule has 0 radical (unpaired) electrons. The van der Waals surface area contributed by atoms with Crippen LogP contribution in [0.2, 0.25) is 19.6 Å². The molecule has 0 amide bonds. The summed E-state index contributed by atoms with van der Waals surface area (Å²) in [6, 6.07) is 0. The summed E-state index contributed by atoms with van der Waals surface area (Å²) < 4.78 is 0. The average Bonchev–Trinajstić information content (AvgIpc) is 2.02. The van der Waals surface area contributed by atoms with Crippen molar-refractivity contribution < 1.29 is 22.8 Å². The van der Waals surface area contributed by atoms with Gasteiger partial charge in [0.25, 0.3) is 0 Å². The fourth-order valence-corrected chi connectivity index (χ4v) is 1.99. The molecule has 0 aromatic heterocycles. The Morgan fingerprint density at radius 1 is 1.21 bits per heavy atom. The minimum atomic E-state index is -1.32. The molecule has 0 aliphatic carbocycles. The van der Waals surface area contributed by atoms with Gasteiger partial charge >= 0.3 is 0 Å². The van der Waals surface area contributed by atoms with Crippen LogP contribution in [0.4, 0.5) is 0 Å². The van der Waals surface area contributed by atoms with E-state index in [9.17, 15) is 5.11 Å². The van der Waals surface area contributed by atoms with Gasteiger partial charge in [-0.2, -0.15) is 0 Å². The lowest BCUT2D eigenvalue weighted by Gasteiger charge is -2.25. The molecular formula is C10H20ClNOSi. The van der Waals surface area contributed by atoms with Crippen molar-refractivity contribution in [2.24, 2.45) is 0 Å². The van der Waals surface area contributed by atoms with Crippen LogP contribution in [0.1, 0.15) is 12.8 Å². The fourth-order valence-electron chi connectivity index (χ4n) is 1.38. The summed E-state index contributed by atoms with van der Waals surface area (Å²) >= 11 is 0. The molecule has 1 fully saturated rings. The zero-order chi connectivity index (χ0) is 9.95. The maximum atomic E-state index is 10.1. The molecule has 1 heterocycles. The van der Waals surface area contributed by atoms with Gasteiger partial charge in [0.15, 0.2) is 0 Å². The first-order valence-electron chi connectivity index (χ1n) is 5.00. The SMILES string of the molecule is C[Si](C)(C)C#CC1(O)CC[NH2+]CC1.[Cl-]. The van der Waals surface area contributed by atoms with Gasteiger partial charge in [-0.15, -0.1) is 5.54 Å². The summed E-state index contributed by atoms with van der Waals surface area (Å²) in [6.45, 7) is 8.64. The number of aliphatic hydroxyl groups is 1. The van der Waals surface area contributed by atoms with Crippen LogP contribution in [-0.2, 0) is 0 Å². The van der Waals surface area contributed by atoms with E-state index in [4.69, 9.17) is 0 Å². The lowest BCUT2D eigenvalue weighted by Crippen LogP contribution is -3.00. The number of quaternary nitrogens is 1. The Labute approximate surface area is 93.9 Å². The Morgan fingerprint density at radius 2 is 1.71 bits per heavy atom. The van der Waals surface area contributed by atoms with Crippen LogP contribution in [0.5, 0.6) is 0 Å². The molecule has 0 saturated carbocycles. The van der Waals surface area contributed by atoms with Gasteiger partial charge in [0, 0.05) is 12.8 Å². The highest BCUT2D eigenvalue weighted by molar-refractivity contribution is 6.83. The number of piperidine rings is 1. The first-order chi connectivity index (χ1) is 5.91. The molecule has 0 bridgehead atoms. The van der Waals surface area contributed by atoms with Crippen molar-refractivity contribution in [3.63, 3.8) is 0 Å². The summed E-state index contributed by atoms with van der Waals surface area (Å²) in [5, 5.41) is 12.3. The summed E-state index contributed by atoms with van der Waals surface area (Å²) in [4.78, 5) is 0. The molecular weight excluding hydrogens is 214 g/mol. The van der Waals surface area contributed by atoms with Crippen LogP contribution < -0.4 is 17.7 Å². The third kappa shape index (κ3) is 5.01. The zero-order valence-electron chi connectivity index (χ0n) is 9.23. The molecule has 3 N–H and O–H groups in total. The van der Waals surface area contributed by atoms with Gasteiger partial charge in [0.05, 0.1) is 13.1 Å². The predicted molar refractivity (Wildman–Crippen MR) is 57.0 cm³/mol. The fraction of sp³-hybridized carbons (Fsp3) is 0.800. The normalized spacial score (nSPS) is 20.3. The molecule has 14 heavy (non-hydrogen) atoms. The zero-order valence-corrected chi connectivity index (χ0v) is 11.0. The van der Waals surface area contributed by atoms with Gasteiger partial charge in [-0.05, 0) is 0 Å². The van der Waals surface area contributed by atoms with Gasteiger partial charge in [-0.25, -0.2) is 0 Å². The van der Waals surface area contributed by atoms with Crippen LogP contribution in [-0.4, -0.2) is 31.9 Å². The summed E-state index contributed by atoms with van der Waals surface area (Å²) in [6.07, 6.45) is 1.65. The molecule has 1 saturated heterocycles. The number of rotatable bonds is 0. The molecule has 82 valence electrons. The number of hydrogen-bond acceptors (Lipinski definition) is 1. The Morgan fingerprint density at radius 3 is 2.14 bits per heavy atom. The number of halogens is 1. The molecule has 2 nitrogen and oxygen atoms in total. The van der Waals surface area contributed by atoms with E-state index in [2.05, 4.69) is 36.4 Å². The van der Waals surface area contributed by atoms with Crippen LogP contribution in [0.3, 0.4) is 0 Å². The minimum Gasteiger partial charge on any atom is -1.00 e. The smallest absolute Gasteiger partial charge is 0.135 e. The highest BCUT2D eigenvalue weighted by atomic mass is 35.5. The lowest BCUT2D eigenvalue weighted by molar-refractivity contribution is -0.667. The van der Waals surface area contributed by atoms with Crippen molar-refractivity contribution in [1.82, 2.24) is 0 Å². The molecule has 0 atom stereocenters. The van der Waals surface area contributed by atoms with Crippen molar-refractivity contribution in [2.45, 2.75) is 38.1 Å². The second kappa shape index (κ2) is 5.18.